The smallest absolute Gasteiger partial charge is 0.257 e. The van der Waals surface area contributed by atoms with Crippen molar-refractivity contribution < 1.29 is 9.59 Å². The number of aromatic amines is 1. The molecule has 19 heavy (non-hydrogen) atoms. The third-order valence-electron chi connectivity index (χ3n) is 3.37. The quantitative estimate of drug-likeness (QED) is 0.751. The molecule has 0 bridgehead atoms. The van der Waals surface area contributed by atoms with E-state index in [2.05, 4.69) is 15.5 Å². The van der Waals surface area contributed by atoms with Crippen molar-refractivity contribution in [3.05, 3.63) is 17.5 Å². The standard InChI is InChI=1S/C12H19N5O2/c1-9-10(7-14-15-9)12(19)17-5-3-16(4-6-17)8-11(18)13-2/h7H,3-6,8H2,1-2H3,(H,13,18)(H,14,15). The van der Waals surface area contributed by atoms with Crippen molar-refractivity contribution in [3.8, 4) is 0 Å². The highest BCUT2D eigenvalue weighted by Gasteiger charge is 2.24. The highest BCUT2D eigenvalue weighted by molar-refractivity contribution is 5.95. The van der Waals surface area contributed by atoms with Gasteiger partial charge in [-0.3, -0.25) is 19.6 Å². The highest BCUT2D eigenvalue weighted by atomic mass is 16.2. The van der Waals surface area contributed by atoms with Gasteiger partial charge in [0.25, 0.3) is 5.91 Å². The van der Waals surface area contributed by atoms with Gasteiger partial charge >= 0.3 is 0 Å². The monoisotopic (exact) mass is 265 g/mol. The molecule has 2 rings (SSSR count). The highest BCUT2D eigenvalue weighted by Crippen LogP contribution is 2.10. The molecule has 0 aliphatic carbocycles. The molecule has 1 aromatic rings. The molecule has 2 heterocycles. The van der Waals surface area contributed by atoms with E-state index in [4.69, 9.17) is 0 Å². The lowest BCUT2D eigenvalue weighted by atomic mass is 10.2. The summed E-state index contributed by atoms with van der Waals surface area (Å²) >= 11 is 0. The van der Waals surface area contributed by atoms with Crippen LogP contribution in [0.25, 0.3) is 0 Å². The molecule has 1 aliphatic rings. The Kier molecular flexibility index (Phi) is 4.16. The van der Waals surface area contributed by atoms with Crippen molar-refractivity contribution in [1.29, 1.82) is 0 Å². The summed E-state index contributed by atoms with van der Waals surface area (Å²) in [4.78, 5) is 27.4. The fourth-order valence-corrected chi connectivity index (χ4v) is 2.13. The average Bonchev–Trinajstić information content (AvgIpc) is 2.85. The lowest BCUT2D eigenvalue weighted by Gasteiger charge is -2.34. The second-order valence-corrected chi connectivity index (χ2v) is 4.65. The number of hydrogen-bond acceptors (Lipinski definition) is 4. The molecule has 104 valence electrons. The van der Waals surface area contributed by atoms with Gasteiger partial charge in [-0.1, -0.05) is 0 Å². The van der Waals surface area contributed by atoms with E-state index in [0.29, 0.717) is 25.2 Å². The number of carbonyl (C=O) groups is 2. The van der Waals surface area contributed by atoms with Gasteiger partial charge in [0.2, 0.25) is 5.91 Å². The Labute approximate surface area is 111 Å². The van der Waals surface area contributed by atoms with Crippen LogP contribution in [0.15, 0.2) is 6.20 Å². The van der Waals surface area contributed by atoms with Crippen LogP contribution >= 0.6 is 0 Å². The first-order valence-electron chi connectivity index (χ1n) is 6.34. The lowest BCUT2D eigenvalue weighted by Crippen LogP contribution is -2.50. The molecule has 2 N–H and O–H groups in total. The number of piperazine rings is 1. The van der Waals surface area contributed by atoms with Crippen LogP contribution in [0.1, 0.15) is 16.1 Å². The zero-order valence-corrected chi connectivity index (χ0v) is 11.3. The molecule has 0 spiro atoms. The summed E-state index contributed by atoms with van der Waals surface area (Å²) in [5.74, 6) is 0.0105. The molecule has 2 amide bonds. The molecule has 0 aromatic carbocycles. The van der Waals surface area contributed by atoms with E-state index in [-0.39, 0.29) is 11.8 Å². The molecule has 0 unspecified atom stereocenters. The molecule has 7 nitrogen and oxygen atoms in total. The zero-order chi connectivity index (χ0) is 13.8. The van der Waals surface area contributed by atoms with E-state index >= 15 is 0 Å². The summed E-state index contributed by atoms with van der Waals surface area (Å²) in [7, 11) is 1.63. The third kappa shape index (κ3) is 3.11. The Morgan fingerprint density at radius 2 is 2.05 bits per heavy atom. The maximum Gasteiger partial charge on any atom is 0.257 e. The number of likely N-dealkylation sites (N-methyl/N-ethyl adjacent to an activating group) is 1. The molecular formula is C12H19N5O2. The van der Waals surface area contributed by atoms with Gasteiger partial charge in [-0.2, -0.15) is 5.10 Å². The second-order valence-electron chi connectivity index (χ2n) is 4.65. The number of H-pyrrole nitrogens is 1. The van der Waals surface area contributed by atoms with Gasteiger partial charge in [-0.05, 0) is 6.92 Å². The van der Waals surface area contributed by atoms with E-state index in [0.717, 1.165) is 18.8 Å². The van der Waals surface area contributed by atoms with Crippen molar-refractivity contribution in [2.45, 2.75) is 6.92 Å². The van der Waals surface area contributed by atoms with Gasteiger partial charge in [0.05, 0.1) is 18.3 Å². The fourth-order valence-electron chi connectivity index (χ4n) is 2.13. The Morgan fingerprint density at radius 3 is 2.58 bits per heavy atom. The van der Waals surface area contributed by atoms with Gasteiger partial charge in [-0.25, -0.2) is 0 Å². The van der Waals surface area contributed by atoms with E-state index in [1.165, 1.54) is 0 Å². The van der Waals surface area contributed by atoms with Crippen LogP contribution in [0.3, 0.4) is 0 Å². The number of aryl methyl sites for hydroxylation is 1. The predicted molar refractivity (Wildman–Crippen MR) is 69.7 cm³/mol. The van der Waals surface area contributed by atoms with E-state index in [1.54, 1.807) is 18.1 Å². The molecule has 1 saturated heterocycles. The number of aromatic nitrogens is 2. The first-order valence-corrected chi connectivity index (χ1v) is 6.34. The van der Waals surface area contributed by atoms with E-state index in [9.17, 15) is 9.59 Å². The molecule has 1 fully saturated rings. The van der Waals surface area contributed by atoms with Gasteiger partial charge < -0.3 is 10.2 Å². The molecule has 0 saturated carbocycles. The minimum Gasteiger partial charge on any atom is -0.358 e. The van der Waals surface area contributed by atoms with Crippen LogP contribution in [0.2, 0.25) is 0 Å². The predicted octanol–water partition coefficient (Wildman–Crippen LogP) is -0.778. The van der Waals surface area contributed by atoms with Crippen LogP contribution in [0, 0.1) is 6.92 Å². The van der Waals surface area contributed by atoms with Crippen molar-refractivity contribution in [2.24, 2.45) is 0 Å². The normalized spacial score (nSPS) is 16.4. The maximum atomic E-state index is 12.2. The molecule has 1 aliphatic heterocycles. The number of amides is 2. The number of nitrogens with one attached hydrogen (secondary N) is 2. The Hall–Kier alpha value is -1.89. The number of nitrogens with zero attached hydrogens (tertiary/aromatic N) is 3. The van der Waals surface area contributed by atoms with Gasteiger partial charge in [0.1, 0.15) is 0 Å². The van der Waals surface area contributed by atoms with Crippen LogP contribution in [-0.4, -0.2) is 71.6 Å². The second kappa shape index (κ2) is 5.83. The third-order valence-corrected chi connectivity index (χ3v) is 3.37. The number of carbonyl (C=O) groups excluding carboxylic acids is 2. The van der Waals surface area contributed by atoms with E-state index < -0.39 is 0 Å². The summed E-state index contributed by atoms with van der Waals surface area (Å²) in [6, 6.07) is 0. The SMILES string of the molecule is CNC(=O)CN1CCN(C(=O)c2cn[nH]c2C)CC1. The number of hydrogen-bond donors (Lipinski definition) is 2. The van der Waals surface area contributed by atoms with Crippen molar-refractivity contribution in [2.75, 3.05) is 39.8 Å². The maximum absolute atomic E-state index is 12.2. The summed E-state index contributed by atoms with van der Waals surface area (Å²) in [5.41, 5.74) is 1.41. The van der Waals surface area contributed by atoms with Crippen molar-refractivity contribution in [3.63, 3.8) is 0 Å². The summed E-state index contributed by atoms with van der Waals surface area (Å²) in [6.07, 6.45) is 1.56. The van der Waals surface area contributed by atoms with Crippen LogP contribution in [0.4, 0.5) is 0 Å². The van der Waals surface area contributed by atoms with Gasteiger partial charge in [0, 0.05) is 38.9 Å². The van der Waals surface area contributed by atoms with Crippen LogP contribution < -0.4 is 5.32 Å². The fraction of sp³-hybridized carbons (Fsp3) is 0.583. The summed E-state index contributed by atoms with van der Waals surface area (Å²) in [6.45, 7) is 4.94. The molecular weight excluding hydrogens is 246 g/mol. The largest absolute Gasteiger partial charge is 0.358 e. The minimum absolute atomic E-state index is 0.00505. The van der Waals surface area contributed by atoms with Crippen molar-refractivity contribution in [1.82, 2.24) is 25.3 Å². The molecule has 7 heteroatoms. The summed E-state index contributed by atoms with van der Waals surface area (Å²) < 4.78 is 0. The van der Waals surface area contributed by atoms with Gasteiger partial charge in [0.15, 0.2) is 0 Å². The Balaban J connectivity index is 1.88. The summed E-state index contributed by atoms with van der Waals surface area (Å²) in [5, 5.41) is 9.24. The minimum atomic E-state index is 0.00505. The van der Waals surface area contributed by atoms with Crippen LogP contribution in [0.5, 0.6) is 0 Å². The Bertz CT molecular complexity index is 462. The van der Waals surface area contributed by atoms with Crippen molar-refractivity contribution >= 4 is 11.8 Å². The number of rotatable bonds is 3. The van der Waals surface area contributed by atoms with Gasteiger partial charge in [-0.15, -0.1) is 0 Å². The first kappa shape index (κ1) is 13.5. The average molecular weight is 265 g/mol. The van der Waals surface area contributed by atoms with Crippen LogP contribution in [-0.2, 0) is 4.79 Å². The molecule has 0 atom stereocenters. The zero-order valence-electron chi connectivity index (χ0n) is 11.3. The molecule has 0 radical (unpaired) electrons. The lowest BCUT2D eigenvalue weighted by molar-refractivity contribution is -0.122. The Morgan fingerprint density at radius 1 is 1.37 bits per heavy atom. The topological polar surface area (TPSA) is 81.3 Å². The van der Waals surface area contributed by atoms with E-state index in [1.807, 2.05) is 11.8 Å². The first-order chi connectivity index (χ1) is 9.11. The molecule has 1 aromatic heterocycles.